The fraction of sp³-hybridized carbons (Fsp3) is 0.611. The molecule has 128 valence electrons. The predicted molar refractivity (Wildman–Crippen MR) is 95.7 cm³/mol. The minimum atomic E-state index is 0.0887. The van der Waals surface area contributed by atoms with Gasteiger partial charge in [0.25, 0.3) is 0 Å². The highest BCUT2D eigenvalue weighted by Crippen LogP contribution is 2.16. The number of nitrogens with zero attached hydrogens (tertiary/aromatic N) is 2. The molecule has 0 spiro atoms. The number of likely N-dealkylation sites (tertiary alicyclic amines) is 1. The highest BCUT2D eigenvalue weighted by Gasteiger charge is 2.20. The van der Waals surface area contributed by atoms with E-state index in [9.17, 15) is 0 Å². The molecule has 5 heteroatoms. The van der Waals surface area contributed by atoms with Crippen LogP contribution in [0.15, 0.2) is 29.3 Å². The summed E-state index contributed by atoms with van der Waals surface area (Å²) in [4.78, 5) is 6.88. The number of aliphatic hydroxyl groups is 1. The summed E-state index contributed by atoms with van der Waals surface area (Å²) in [7, 11) is 0. The molecule has 1 heterocycles. The van der Waals surface area contributed by atoms with Crippen LogP contribution < -0.4 is 10.6 Å². The van der Waals surface area contributed by atoms with Crippen molar-refractivity contribution in [2.75, 3.05) is 32.8 Å². The van der Waals surface area contributed by atoms with Crippen LogP contribution in [0, 0.1) is 6.92 Å². The summed E-state index contributed by atoms with van der Waals surface area (Å²) in [6.07, 6.45) is 2.24. The summed E-state index contributed by atoms with van der Waals surface area (Å²) < 4.78 is 0. The number of aliphatic imine (C=N–C) groups is 1. The molecule has 2 rings (SSSR count). The highest BCUT2D eigenvalue weighted by atomic mass is 16.3. The Morgan fingerprint density at radius 2 is 2.04 bits per heavy atom. The topological polar surface area (TPSA) is 59.9 Å². The summed E-state index contributed by atoms with van der Waals surface area (Å²) >= 11 is 0. The molecule has 0 aliphatic carbocycles. The molecule has 1 saturated heterocycles. The lowest BCUT2D eigenvalue weighted by molar-refractivity contribution is 0.198. The van der Waals surface area contributed by atoms with E-state index in [-0.39, 0.29) is 6.61 Å². The summed E-state index contributed by atoms with van der Waals surface area (Å²) in [5.41, 5.74) is 2.80. The van der Waals surface area contributed by atoms with Crippen molar-refractivity contribution in [2.45, 2.75) is 39.3 Å². The molecule has 1 aliphatic rings. The van der Waals surface area contributed by atoms with Gasteiger partial charge in [0.15, 0.2) is 5.96 Å². The fourth-order valence-electron chi connectivity index (χ4n) is 2.94. The zero-order valence-corrected chi connectivity index (χ0v) is 14.4. The lowest BCUT2D eigenvalue weighted by Gasteiger charge is -2.33. The van der Waals surface area contributed by atoms with Crippen molar-refractivity contribution in [3.05, 3.63) is 35.4 Å². The van der Waals surface area contributed by atoms with Crippen LogP contribution in [0.3, 0.4) is 0 Å². The molecule has 0 bridgehead atoms. The maximum Gasteiger partial charge on any atom is 0.191 e. The van der Waals surface area contributed by atoms with Gasteiger partial charge in [-0.1, -0.05) is 24.3 Å². The number of benzene rings is 1. The first-order valence-corrected chi connectivity index (χ1v) is 8.65. The molecular weight excluding hydrogens is 288 g/mol. The predicted octanol–water partition coefficient (Wildman–Crippen LogP) is 1.51. The Hall–Kier alpha value is -1.59. The number of hydrogen-bond acceptors (Lipinski definition) is 3. The molecule has 1 fully saturated rings. The lowest BCUT2D eigenvalue weighted by Crippen LogP contribution is -2.48. The fourth-order valence-corrected chi connectivity index (χ4v) is 2.94. The summed E-state index contributed by atoms with van der Waals surface area (Å²) in [5, 5.41) is 15.6. The minimum Gasteiger partial charge on any atom is -0.394 e. The van der Waals surface area contributed by atoms with Crippen molar-refractivity contribution in [1.82, 2.24) is 15.5 Å². The van der Waals surface area contributed by atoms with Gasteiger partial charge in [-0.05, 0) is 37.8 Å². The van der Waals surface area contributed by atoms with Crippen LogP contribution in [0.25, 0.3) is 0 Å². The van der Waals surface area contributed by atoms with Crippen molar-refractivity contribution in [3.8, 4) is 0 Å². The maximum absolute atomic E-state index is 8.92. The van der Waals surface area contributed by atoms with Crippen LogP contribution in [-0.4, -0.2) is 54.8 Å². The Bertz CT molecular complexity index is 496. The number of rotatable bonds is 6. The summed E-state index contributed by atoms with van der Waals surface area (Å²) in [5.74, 6) is 0.818. The van der Waals surface area contributed by atoms with Gasteiger partial charge < -0.3 is 15.7 Å². The van der Waals surface area contributed by atoms with Gasteiger partial charge in [0, 0.05) is 32.2 Å². The first-order valence-electron chi connectivity index (χ1n) is 8.65. The smallest absolute Gasteiger partial charge is 0.191 e. The Morgan fingerprint density at radius 3 is 2.70 bits per heavy atom. The molecule has 1 aliphatic heterocycles. The van der Waals surface area contributed by atoms with E-state index >= 15 is 0 Å². The van der Waals surface area contributed by atoms with Crippen molar-refractivity contribution in [2.24, 2.45) is 4.99 Å². The molecule has 5 nitrogen and oxygen atoms in total. The second-order valence-electron chi connectivity index (χ2n) is 6.11. The van der Waals surface area contributed by atoms with E-state index in [2.05, 4.69) is 58.6 Å². The van der Waals surface area contributed by atoms with Crippen LogP contribution in [0.4, 0.5) is 0 Å². The van der Waals surface area contributed by atoms with E-state index < -0.39 is 0 Å². The van der Waals surface area contributed by atoms with Gasteiger partial charge >= 0.3 is 0 Å². The SMILES string of the molecule is CCNC(=NCCO)NC1CCN(Cc2ccccc2C)CC1. The lowest BCUT2D eigenvalue weighted by atomic mass is 10.0. The van der Waals surface area contributed by atoms with Crippen molar-refractivity contribution >= 4 is 5.96 Å². The standard InChI is InChI=1S/C18H30N4O/c1-3-19-18(20-10-13-23)21-17-8-11-22(12-9-17)14-16-7-5-4-6-15(16)2/h4-7,17,23H,3,8-14H2,1-2H3,(H2,19,20,21). The summed E-state index contributed by atoms with van der Waals surface area (Å²) in [6, 6.07) is 9.09. The molecular formula is C18H30N4O. The van der Waals surface area contributed by atoms with E-state index in [0.717, 1.165) is 45.0 Å². The maximum atomic E-state index is 8.92. The Morgan fingerprint density at radius 1 is 1.30 bits per heavy atom. The van der Waals surface area contributed by atoms with Crippen LogP contribution in [0.2, 0.25) is 0 Å². The number of hydrogen-bond donors (Lipinski definition) is 3. The molecule has 0 amide bonds. The molecule has 0 radical (unpaired) electrons. The van der Waals surface area contributed by atoms with Crippen molar-refractivity contribution < 1.29 is 5.11 Å². The van der Waals surface area contributed by atoms with Gasteiger partial charge in [-0.3, -0.25) is 9.89 Å². The molecule has 0 aromatic heterocycles. The van der Waals surface area contributed by atoms with Gasteiger partial charge in [-0.2, -0.15) is 0 Å². The summed E-state index contributed by atoms with van der Waals surface area (Å²) in [6.45, 7) is 8.86. The van der Waals surface area contributed by atoms with Gasteiger partial charge in [-0.25, -0.2) is 0 Å². The molecule has 23 heavy (non-hydrogen) atoms. The minimum absolute atomic E-state index is 0.0887. The average Bonchev–Trinajstić information content (AvgIpc) is 2.56. The molecule has 3 N–H and O–H groups in total. The second kappa shape index (κ2) is 9.53. The number of nitrogens with one attached hydrogen (secondary N) is 2. The molecule has 0 unspecified atom stereocenters. The normalized spacial score (nSPS) is 17.3. The number of aliphatic hydroxyl groups excluding tert-OH is 1. The zero-order valence-electron chi connectivity index (χ0n) is 14.4. The van der Waals surface area contributed by atoms with Crippen LogP contribution >= 0.6 is 0 Å². The first kappa shape index (κ1) is 17.8. The van der Waals surface area contributed by atoms with Crippen molar-refractivity contribution in [1.29, 1.82) is 0 Å². The average molecular weight is 318 g/mol. The Balaban J connectivity index is 1.80. The number of piperidine rings is 1. The number of guanidine groups is 1. The van der Waals surface area contributed by atoms with Crippen LogP contribution in [-0.2, 0) is 6.54 Å². The van der Waals surface area contributed by atoms with Crippen molar-refractivity contribution in [3.63, 3.8) is 0 Å². The van der Waals surface area contributed by atoms with E-state index in [1.807, 2.05) is 0 Å². The first-order chi connectivity index (χ1) is 11.2. The van der Waals surface area contributed by atoms with Gasteiger partial charge in [0.2, 0.25) is 0 Å². The molecule has 0 saturated carbocycles. The third-order valence-electron chi connectivity index (χ3n) is 4.30. The number of aryl methyl sites for hydroxylation is 1. The molecule has 0 atom stereocenters. The second-order valence-corrected chi connectivity index (χ2v) is 6.11. The van der Waals surface area contributed by atoms with E-state index in [1.165, 1.54) is 11.1 Å². The Kier molecular flexibility index (Phi) is 7.36. The third-order valence-corrected chi connectivity index (χ3v) is 4.30. The van der Waals surface area contributed by atoms with Gasteiger partial charge in [0.1, 0.15) is 0 Å². The largest absolute Gasteiger partial charge is 0.394 e. The van der Waals surface area contributed by atoms with Crippen LogP contribution in [0.5, 0.6) is 0 Å². The third kappa shape index (κ3) is 5.84. The zero-order chi connectivity index (χ0) is 16.5. The van der Waals surface area contributed by atoms with Crippen LogP contribution in [0.1, 0.15) is 30.9 Å². The van der Waals surface area contributed by atoms with E-state index in [1.54, 1.807) is 0 Å². The van der Waals surface area contributed by atoms with E-state index in [4.69, 9.17) is 5.11 Å². The molecule has 1 aromatic carbocycles. The van der Waals surface area contributed by atoms with Gasteiger partial charge in [-0.15, -0.1) is 0 Å². The van der Waals surface area contributed by atoms with E-state index in [0.29, 0.717) is 12.6 Å². The Labute approximate surface area is 139 Å². The highest BCUT2D eigenvalue weighted by molar-refractivity contribution is 5.80. The monoisotopic (exact) mass is 318 g/mol. The van der Waals surface area contributed by atoms with Gasteiger partial charge in [0.05, 0.1) is 13.2 Å². The molecule has 1 aromatic rings. The quantitative estimate of drug-likeness (QED) is 0.550.